The summed E-state index contributed by atoms with van der Waals surface area (Å²) in [5.41, 5.74) is 1.11. The molecule has 24 heavy (non-hydrogen) atoms. The number of ketones is 1. The number of carbonyl (C=O) groups is 2. The number of carbonyl (C=O) groups excluding carboxylic acids is 2. The molecule has 126 valence electrons. The van der Waals surface area contributed by atoms with Gasteiger partial charge in [-0.1, -0.05) is 18.2 Å². The number of rotatable bonds is 5. The second-order valence-corrected chi connectivity index (χ2v) is 7.15. The van der Waals surface area contributed by atoms with E-state index in [1.54, 1.807) is 32.3 Å². The molecule has 0 heterocycles. The molecule has 0 saturated carbocycles. The molecule has 0 aliphatic heterocycles. The van der Waals surface area contributed by atoms with Crippen molar-refractivity contribution in [3.05, 3.63) is 59.7 Å². The normalized spacial score (nSPS) is 11.0. The summed E-state index contributed by atoms with van der Waals surface area (Å²) in [4.78, 5) is 24.7. The van der Waals surface area contributed by atoms with Gasteiger partial charge in [-0.25, -0.2) is 8.42 Å². The van der Waals surface area contributed by atoms with Crippen molar-refractivity contribution in [2.24, 2.45) is 0 Å². The van der Waals surface area contributed by atoms with Crippen molar-refractivity contribution in [1.29, 1.82) is 0 Å². The third-order valence-corrected chi connectivity index (χ3v) is 4.74. The zero-order valence-corrected chi connectivity index (χ0v) is 14.4. The predicted molar refractivity (Wildman–Crippen MR) is 91.7 cm³/mol. The Bertz CT molecular complexity index is 872. The van der Waals surface area contributed by atoms with Gasteiger partial charge in [-0.15, -0.1) is 0 Å². The highest BCUT2D eigenvalue weighted by molar-refractivity contribution is 7.92. The van der Waals surface area contributed by atoms with Crippen molar-refractivity contribution >= 4 is 27.4 Å². The summed E-state index contributed by atoms with van der Waals surface area (Å²) in [6.45, 7) is 1.41. The quantitative estimate of drug-likeness (QED) is 0.843. The summed E-state index contributed by atoms with van der Waals surface area (Å²) in [6.07, 6.45) is 0. The molecule has 6 nitrogen and oxygen atoms in total. The van der Waals surface area contributed by atoms with Gasteiger partial charge in [0, 0.05) is 30.9 Å². The number of nitrogens with zero attached hydrogens (tertiary/aromatic N) is 1. The Labute approximate surface area is 141 Å². The van der Waals surface area contributed by atoms with E-state index < -0.39 is 10.0 Å². The van der Waals surface area contributed by atoms with Crippen LogP contribution in [0.15, 0.2) is 53.4 Å². The Morgan fingerprint density at radius 3 is 2.12 bits per heavy atom. The molecule has 0 saturated heterocycles. The fourth-order valence-electron chi connectivity index (χ4n) is 2.06. The van der Waals surface area contributed by atoms with E-state index in [2.05, 4.69) is 4.72 Å². The van der Waals surface area contributed by atoms with Gasteiger partial charge in [0.05, 0.1) is 4.90 Å². The number of Topliss-reactive ketones (excluding diaryl/α,β-unsaturated/α-hetero) is 1. The van der Waals surface area contributed by atoms with Crippen LogP contribution in [-0.2, 0) is 10.0 Å². The second-order valence-electron chi connectivity index (χ2n) is 5.47. The highest BCUT2D eigenvalue weighted by Gasteiger charge is 2.16. The van der Waals surface area contributed by atoms with Crippen LogP contribution in [-0.4, -0.2) is 39.1 Å². The van der Waals surface area contributed by atoms with Gasteiger partial charge < -0.3 is 4.90 Å². The standard InChI is InChI=1S/C17H18N2O4S/c1-12(20)13-7-9-16(10-8-13)24(22,23)18-15-6-4-5-14(11-15)17(21)19(2)3/h4-11,18H,1-3H3. The molecule has 1 N–H and O–H groups in total. The van der Waals surface area contributed by atoms with E-state index in [4.69, 9.17) is 0 Å². The first-order valence-corrected chi connectivity index (χ1v) is 8.64. The van der Waals surface area contributed by atoms with Crippen molar-refractivity contribution in [2.45, 2.75) is 11.8 Å². The molecule has 1 amide bonds. The molecule has 0 aromatic heterocycles. The first kappa shape index (κ1) is 17.7. The summed E-state index contributed by atoms with van der Waals surface area (Å²) in [6, 6.07) is 11.9. The van der Waals surface area contributed by atoms with Crippen molar-refractivity contribution in [3.63, 3.8) is 0 Å². The van der Waals surface area contributed by atoms with E-state index in [1.165, 1.54) is 42.2 Å². The topological polar surface area (TPSA) is 83.5 Å². The van der Waals surface area contributed by atoms with E-state index in [0.717, 1.165) is 0 Å². The van der Waals surface area contributed by atoms with E-state index in [-0.39, 0.29) is 16.6 Å². The minimum atomic E-state index is -3.80. The molecule has 7 heteroatoms. The number of anilines is 1. The lowest BCUT2D eigenvalue weighted by Gasteiger charge is -2.12. The average molecular weight is 346 g/mol. The zero-order chi connectivity index (χ0) is 17.9. The Morgan fingerprint density at radius 2 is 1.58 bits per heavy atom. The van der Waals surface area contributed by atoms with Crippen LogP contribution in [0.3, 0.4) is 0 Å². The summed E-state index contributed by atoms with van der Waals surface area (Å²) in [5.74, 6) is -0.358. The number of nitrogens with one attached hydrogen (secondary N) is 1. The molecule has 2 aromatic carbocycles. The van der Waals surface area contributed by atoms with Gasteiger partial charge in [0.2, 0.25) is 0 Å². The maximum atomic E-state index is 12.4. The second kappa shape index (κ2) is 6.84. The number of hydrogen-bond donors (Lipinski definition) is 1. The van der Waals surface area contributed by atoms with Gasteiger partial charge in [0.25, 0.3) is 15.9 Å². The van der Waals surface area contributed by atoms with Gasteiger partial charge in [-0.05, 0) is 37.3 Å². The van der Waals surface area contributed by atoms with Crippen molar-refractivity contribution in [3.8, 4) is 0 Å². The van der Waals surface area contributed by atoms with Crippen LogP contribution in [0.5, 0.6) is 0 Å². The minimum absolute atomic E-state index is 0.0387. The highest BCUT2D eigenvalue weighted by atomic mass is 32.2. The lowest BCUT2D eigenvalue weighted by Crippen LogP contribution is -2.22. The third-order valence-electron chi connectivity index (χ3n) is 3.34. The number of amides is 1. The van der Waals surface area contributed by atoms with E-state index in [0.29, 0.717) is 16.8 Å². The predicted octanol–water partition coefficient (Wildman–Crippen LogP) is 2.39. The molecule has 0 atom stereocenters. The average Bonchev–Trinajstić information content (AvgIpc) is 2.54. The smallest absolute Gasteiger partial charge is 0.261 e. The molecular formula is C17H18N2O4S. The van der Waals surface area contributed by atoms with Crippen LogP contribution in [0, 0.1) is 0 Å². The fraction of sp³-hybridized carbons (Fsp3) is 0.176. The number of sulfonamides is 1. The van der Waals surface area contributed by atoms with Crippen molar-refractivity contribution in [1.82, 2.24) is 4.90 Å². The van der Waals surface area contributed by atoms with Gasteiger partial charge in [0.15, 0.2) is 5.78 Å². The van der Waals surface area contributed by atoms with Crippen molar-refractivity contribution < 1.29 is 18.0 Å². The lowest BCUT2D eigenvalue weighted by atomic mass is 10.2. The van der Waals surface area contributed by atoms with Crippen LogP contribution in [0.1, 0.15) is 27.6 Å². The van der Waals surface area contributed by atoms with Crippen LogP contribution >= 0.6 is 0 Å². The first-order valence-electron chi connectivity index (χ1n) is 7.16. The molecule has 0 radical (unpaired) electrons. The molecule has 2 rings (SSSR count). The molecule has 2 aromatic rings. The molecule has 0 fully saturated rings. The maximum Gasteiger partial charge on any atom is 0.261 e. The fourth-order valence-corrected chi connectivity index (χ4v) is 3.11. The van der Waals surface area contributed by atoms with E-state index in [1.807, 2.05) is 0 Å². The molecular weight excluding hydrogens is 328 g/mol. The van der Waals surface area contributed by atoms with Gasteiger partial charge >= 0.3 is 0 Å². The van der Waals surface area contributed by atoms with Crippen LogP contribution < -0.4 is 4.72 Å². The van der Waals surface area contributed by atoms with Crippen LogP contribution in [0.25, 0.3) is 0 Å². The summed E-state index contributed by atoms with van der Waals surface area (Å²) in [7, 11) is -0.563. The minimum Gasteiger partial charge on any atom is -0.345 e. The Morgan fingerprint density at radius 1 is 0.958 bits per heavy atom. The maximum absolute atomic E-state index is 12.4. The van der Waals surface area contributed by atoms with Crippen LogP contribution in [0.2, 0.25) is 0 Å². The molecule has 0 bridgehead atoms. The lowest BCUT2D eigenvalue weighted by molar-refractivity contribution is 0.0827. The highest BCUT2D eigenvalue weighted by Crippen LogP contribution is 2.18. The van der Waals surface area contributed by atoms with Crippen molar-refractivity contribution in [2.75, 3.05) is 18.8 Å². The largest absolute Gasteiger partial charge is 0.345 e. The first-order chi connectivity index (χ1) is 11.2. The summed E-state index contributed by atoms with van der Waals surface area (Å²) >= 11 is 0. The Hall–Kier alpha value is -2.67. The Kier molecular flexibility index (Phi) is 5.04. The van der Waals surface area contributed by atoms with E-state index in [9.17, 15) is 18.0 Å². The third kappa shape index (κ3) is 3.99. The van der Waals surface area contributed by atoms with Gasteiger partial charge in [-0.2, -0.15) is 0 Å². The van der Waals surface area contributed by atoms with E-state index >= 15 is 0 Å². The molecule has 0 aliphatic carbocycles. The van der Waals surface area contributed by atoms with Gasteiger partial charge in [0.1, 0.15) is 0 Å². The monoisotopic (exact) mass is 346 g/mol. The summed E-state index contributed by atoms with van der Waals surface area (Å²) in [5, 5.41) is 0. The molecule has 0 unspecified atom stereocenters. The zero-order valence-electron chi connectivity index (χ0n) is 13.6. The molecule has 0 aliphatic rings. The Balaban J connectivity index is 2.27. The summed E-state index contributed by atoms with van der Waals surface area (Å²) < 4.78 is 27.2. The SMILES string of the molecule is CC(=O)c1ccc(S(=O)(=O)Nc2cccc(C(=O)N(C)C)c2)cc1. The number of benzene rings is 2. The number of hydrogen-bond acceptors (Lipinski definition) is 4. The molecule has 0 spiro atoms. The van der Waals surface area contributed by atoms with Crippen LogP contribution in [0.4, 0.5) is 5.69 Å². The van der Waals surface area contributed by atoms with Gasteiger partial charge in [-0.3, -0.25) is 14.3 Å².